The van der Waals surface area contributed by atoms with Crippen LogP contribution in [0.1, 0.15) is 71.6 Å². The molecule has 0 aliphatic carbocycles. The van der Waals surface area contributed by atoms with Crippen LogP contribution < -0.4 is 5.32 Å². The van der Waals surface area contributed by atoms with Crippen LogP contribution >= 0.6 is 0 Å². The van der Waals surface area contributed by atoms with Crippen molar-refractivity contribution < 1.29 is 9.59 Å². The second kappa shape index (κ2) is 11.6. The highest BCUT2D eigenvalue weighted by Crippen LogP contribution is 2.09. The van der Waals surface area contributed by atoms with Gasteiger partial charge in [0.1, 0.15) is 5.78 Å². The molecule has 17 heavy (non-hydrogen) atoms. The first-order valence-corrected chi connectivity index (χ1v) is 6.93. The molecule has 0 saturated heterocycles. The molecule has 0 aromatic rings. The predicted octanol–water partition coefficient (Wildman–Crippen LogP) is 3.22. The zero-order valence-corrected chi connectivity index (χ0v) is 11.4. The molecule has 0 aliphatic heterocycles. The van der Waals surface area contributed by atoms with Crippen molar-refractivity contribution in [3.8, 4) is 0 Å². The summed E-state index contributed by atoms with van der Waals surface area (Å²) in [6.07, 6.45) is 10.4. The third-order valence-corrected chi connectivity index (χ3v) is 2.79. The number of unbranched alkanes of at least 4 members (excludes halogenated alkanes) is 7. The van der Waals surface area contributed by atoms with Crippen molar-refractivity contribution in [2.75, 3.05) is 6.54 Å². The van der Waals surface area contributed by atoms with Gasteiger partial charge in [-0.25, -0.2) is 0 Å². The number of Topliss-reactive ketones (excluding diaryl/α,β-unsaturated/α-hetero) is 1. The Kier molecular flexibility index (Phi) is 11.0. The molecule has 0 radical (unpaired) electrons. The fraction of sp³-hybridized carbons (Fsp3) is 0.857. The predicted molar refractivity (Wildman–Crippen MR) is 70.9 cm³/mol. The van der Waals surface area contributed by atoms with Crippen molar-refractivity contribution in [2.45, 2.75) is 71.6 Å². The van der Waals surface area contributed by atoms with Gasteiger partial charge in [0.25, 0.3) is 0 Å². The van der Waals surface area contributed by atoms with Gasteiger partial charge in [0.05, 0.1) is 6.54 Å². The van der Waals surface area contributed by atoms with E-state index in [0.717, 1.165) is 12.8 Å². The van der Waals surface area contributed by atoms with Crippen molar-refractivity contribution in [1.29, 1.82) is 0 Å². The van der Waals surface area contributed by atoms with E-state index in [2.05, 4.69) is 12.2 Å². The summed E-state index contributed by atoms with van der Waals surface area (Å²) in [4.78, 5) is 21.9. The van der Waals surface area contributed by atoms with E-state index in [-0.39, 0.29) is 18.2 Å². The van der Waals surface area contributed by atoms with Crippen molar-refractivity contribution in [2.24, 2.45) is 0 Å². The van der Waals surface area contributed by atoms with Gasteiger partial charge in [-0.15, -0.1) is 0 Å². The quantitative estimate of drug-likeness (QED) is 0.564. The third-order valence-electron chi connectivity index (χ3n) is 2.79. The molecule has 0 atom stereocenters. The third kappa shape index (κ3) is 13.1. The van der Waals surface area contributed by atoms with Gasteiger partial charge in [-0.1, -0.05) is 51.9 Å². The van der Waals surface area contributed by atoms with Crippen LogP contribution in [0.3, 0.4) is 0 Å². The zero-order valence-electron chi connectivity index (χ0n) is 11.4. The second-order valence-corrected chi connectivity index (χ2v) is 4.70. The Morgan fingerprint density at radius 1 is 0.882 bits per heavy atom. The van der Waals surface area contributed by atoms with Gasteiger partial charge in [-0.05, 0) is 13.3 Å². The number of amides is 1. The van der Waals surface area contributed by atoms with Crippen LogP contribution in [0.4, 0.5) is 0 Å². The van der Waals surface area contributed by atoms with Crippen LogP contribution in [-0.4, -0.2) is 18.2 Å². The first kappa shape index (κ1) is 16.1. The number of nitrogens with one attached hydrogen (secondary N) is 1. The molecule has 1 N–H and O–H groups in total. The molecule has 0 aromatic heterocycles. The fourth-order valence-electron chi connectivity index (χ4n) is 1.73. The molecule has 0 spiro atoms. The van der Waals surface area contributed by atoms with E-state index in [0.29, 0.717) is 6.42 Å². The molecule has 100 valence electrons. The zero-order chi connectivity index (χ0) is 12.9. The Morgan fingerprint density at radius 2 is 1.41 bits per heavy atom. The van der Waals surface area contributed by atoms with Gasteiger partial charge in [-0.2, -0.15) is 0 Å². The summed E-state index contributed by atoms with van der Waals surface area (Å²) in [6.45, 7) is 3.88. The molecule has 3 nitrogen and oxygen atoms in total. The molecular weight excluding hydrogens is 214 g/mol. The molecule has 0 unspecified atom stereocenters. The van der Waals surface area contributed by atoms with E-state index in [1.807, 2.05) is 0 Å². The molecule has 0 aliphatic rings. The largest absolute Gasteiger partial charge is 0.349 e. The Hall–Kier alpha value is -0.860. The Bertz CT molecular complexity index is 214. The van der Waals surface area contributed by atoms with Gasteiger partial charge in [-0.3, -0.25) is 9.59 Å². The van der Waals surface area contributed by atoms with Gasteiger partial charge in [0.2, 0.25) is 5.91 Å². The summed E-state index contributed by atoms with van der Waals surface area (Å²) in [7, 11) is 0. The molecule has 1 amide bonds. The average molecular weight is 241 g/mol. The number of carbonyl (C=O) groups excluding carboxylic acids is 2. The maximum Gasteiger partial charge on any atom is 0.220 e. The highest BCUT2D eigenvalue weighted by molar-refractivity contribution is 5.84. The highest BCUT2D eigenvalue weighted by atomic mass is 16.2. The molecule has 0 aromatic carbocycles. The summed E-state index contributed by atoms with van der Waals surface area (Å²) >= 11 is 0. The van der Waals surface area contributed by atoms with Crippen molar-refractivity contribution in [3.05, 3.63) is 0 Å². The lowest BCUT2D eigenvalue weighted by Gasteiger charge is -2.03. The fourth-order valence-corrected chi connectivity index (χ4v) is 1.73. The Balaban J connectivity index is 3.16. The SMILES string of the molecule is CCCCCCCCCCC(=O)NCC(C)=O. The summed E-state index contributed by atoms with van der Waals surface area (Å²) in [5.74, 6) is 0.0143. The summed E-state index contributed by atoms with van der Waals surface area (Å²) < 4.78 is 0. The van der Waals surface area contributed by atoms with Gasteiger partial charge >= 0.3 is 0 Å². The van der Waals surface area contributed by atoms with Crippen molar-refractivity contribution in [3.63, 3.8) is 0 Å². The maximum atomic E-state index is 11.3. The number of rotatable bonds is 11. The average Bonchev–Trinajstić information content (AvgIpc) is 2.30. The highest BCUT2D eigenvalue weighted by Gasteiger charge is 2.01. The smallest absolute Gasteiger partial charge is 0.220 e. The molecular formula is C14H27NO2. The number of carbonyl (C=O) groups is 2. The van der Waals surface area contributed by atoms with E-state index < -0.39 is 0 Å². The van der Waals surface area contributed by atoms with E-state index in [4.69, 9.17) is 0 Å². The Morgan fingerprint density at radius 3 is 1.94 bits per heavy atom. The standard InChI is InChI=1S/C14H27NO2/c1-3-4-5-6-7-8-9-10-11-14(17)15-12-13(2)16/h3-12H2,1-2H3,(H,15,17). The summed E-state index contributed by atoms with van der Waals surface area (Å²) in [5, 5.41) is 2.61. The molecule has 0 heterocycles. The monoisotopic (exact) mass is 241 g/mol. The van der Waals surface area contributed by atoms with Crippen LogP contribution in [0.5, 0.6) is 0 Å². The van der Waals surface area contributed by atoms with Crippen LogP contribution in [0.25, 0.3) is 0 Å². The van der Waals surface area contributed by atoms with E-state index in [9.17, 15) is 9.59 Å². The van der Waals surface area contributed by atoms with E-state index in [1.54, 1.807) is 0 Å². The molecule has 0 saturated carbocycles. The minimum absolute atomic E-state index is 0.00572. The molecule has 0 bridgehead atoms. The van der Waals surface area contributed by atoms with Gasteiger partial charge in [0, 0.05) is 6.42 Å². The normalized spacial score (nSPS) is 10.2. The summed E-state index contributed by atoms with van der Waals surface area (Å²) in [6, 6.07) is 0. The number of ketones is 1. The minimum Gasteiger partial charge on any atom is -0.349 e. The molecule has 0 rings (SSSR count). The number of hydrogen-bond acceptors (Lipinski definition) is 2. The van der Waals surface area contributed by atoms with Crippen LogP contribution in [0.15, 0.2) is 0 Å². The van der Waals surface area contributed by atoms with Crippen molar-refractivity contribution in [1.82, 2.24) is 5.32 Å². The van der Waals surface area contributed by atoms with E-state index in [1.165, 1.54) is 45.4 Å². The topological polar surface area (TPSA) is 46.2 Å². The molecule has 3 heteroatoms. The Labute approximate surface area is 105 Å². The first-order valence-electron chi connectivity index (χ1n) is 6.93. The van der Waals surface area contributed by atoms with Crippen molar-refractivity contribution >= 4 is 11.7 Å². The first-order chi connectivity index (χ1) is 8.16. The van der Waals surface area contributed by atoms with Gasteiger partial charge in [0.15, 0.2) is 0 Å². The lowest BCUT2D eigenvalue weighted by molar-refractivity contribution is -0.124. The minimum atomic E-state index is 0.00572. The lowest BCUT2D eigenvalue weighted by Crippen LogP contribution is -2.27. The van der Waals surface area contributed by atoms with Gasteiger partial charge < -0.3 is 5.32 Å². The summed E-state index contributed by atoms with van der Waals surface area (Å²) in [5.41, 5.74) is 0. The second-order valence-electron chi connectivity index (χ2n) is 4.70. The molecule has 0 fully saturated rings. The van der Waals surface area contributed by atoms with Crippen LogP contribution in [-0.2, 0) is 9.59 Å². The van der Waals surface area contributed by atoms with E-state index >= 15 is 0 Å². The van der Waals surface area contributed by atoms with Crippen LogP contribution in [0, 0.1) is 0 Å². The van der Waals surface area contributed by atoms with Crippen LogP contribution in [0.2, 0.25) is 0 Å². The number of hydrogen-bond donors (Lipinski definition) is 1. The lowest BCUT2D eigenvalue weighted by atomic mass is 10.1. The maximum absolute atomic E-state index is 11.3.